The summed E-state index contributed by atoms with van der Waals surface area (Å²) in [6.07, 6.45) is 5.69. The molecule has 0 saturated heterocycles. The minimum Gasteiger partial charge on any atom is -0.265 e. The molecule has 0 saturated carbocycles. The van der Waals surface area contributed by atoms with Gasteiger partial charge >= 0.3 is 0 Å². The maximum absolute atomic E-state index is 4.76. The molecule has 3 rings (SSSR count). The Hall–Kier alpha value is -1.65. The van der Waals surface area contributed by atoms with E-state index in [-0.39, 0.29) is 0 Å². The molecule has 0 aliphatic carbocycles. The smallest absolute Gasteiger partial charge is 0.0820 e. The predicted molar refractivity (Wildman–Crippen MR) is 82.6 cm³/mol. The van der Waals surface area contributed by atoms with Gasteiger partial charge in [-0.25, -0.2) is 4.98 Å². The van der Waals surface area contributed by atoms with Gasteiger partial charge in [-0.3, -0.25) is 4.98 Å². The first-order valence-electron chi connectivity index (χ1n) is 5.87. The van der Waals surface area contributed by atoms with Crippen LogP contribution in [-0.2, 0) is 0 Å². The number of hydrogen-bond acceptors (Lipinski definition) is 4. The van der Waals surface area contributed by atoms with Crippen LogP contribution in [0.3, 0.4) is 0 Å². The molecule has 0 unspecified atom stereocenters. The normalized spacial score (nSPS) is 10.6. The van der Waals surface area contributed by atoms with E-state index in [0.29, 0.717) is 0 Å². The monoisotopic (exact) mass is 284 g/mol. The Balaban J connectivity index is 2.13. The largest absolute Gasteiger partial charge is 0.265 e. The Bertz CT molecular complexity index is 664. The molecule has 0 aliphatic heterocycles. The van der Waals surface area contributed by atoms with E-state index in [4.69, 9.17) is 4.98 Å². The van der Waals surface area contributed by atoms with Crippen LogP contribution in [0.5, 0.6) is 0 Å². The van der Waals surface area contributed by atoms with Crippen molar-refractivity contribution in [2.45, 2.75) is 4.90 Å². The number of nitrogens with zero attached hydrogens (tertiary/aromatic N) is 2. The molecule has 0 bridgehead atoms. The third-order valence-corrected chi connectivity index (χ3v) is 4.38. The maximum atomic E-state index is 4.76. The van der Waals surface area contributed by atoms with Crippen LogP contribution in [0, 0.1) is 0 Å². The molecule has 0 radical (unpaired) electrons. The minimum absolute atomic E-state index is 0.998. The topological polar surface area (TPSA) is 25.8 Å². The number of rotatable bonds is 3. The summed E-state index contributed by atoms with van der Waals surface area (Å²) in [6, 6.07) is 12.4. The first-order valence-corrected chi connectivity index (χ1v) is 7.97. The highest BCUT2D eigenvalue weighted by atomic mass is 32.2. The molecule has 94 valence electrons. The molecule has 0 amide bonds. The summed E-state index contributed by atoms with van der Waals surface area (Å²) in [4.78, 5) is 11.2. The molecule has 19 heavy (non-hydrogen) atoms. The van der Waals surface area contributed by atoms with E-state index in [9.17, 15) is 0 Å². The van der Waals surface area contributed by atoms with Gasteiger partial charge in [-0.15, -0.1) is 23.1 Å². The fraction of sp³-hybridized carbons (Fsp3) is 0.0667. The molecule has 0 spiro atoms. The predicted octanol–water partition coefficient (Wildman–Crippen LogP) is 4.59. The number of aromatic nitrogens is 2. The van der Waals surface area contributed by atoms with E-state index in [0.717, 1.165) is 17.0 Å². The lowest BCUT2D eigenvalue weighted by atomic mass is 10.1. The van der Waals surface area contributed by atoms with Gasteiger partial charge in [0.05, 0.1) is 16.3 Å². The van der Waals surface area contributed by atoms with Gasteiger partial charge in [-0.05, 0) is 42.0 Å². The first-order chi connectivity index (χ1) is 9.36. The molecule has 0 fully saturated rings. The molecule has 4 heteroatoms. The molecule has 0 atom stereocenters. The van der Waals surface area contributed by atoms with E-state index < -0.39 is 0 Å². The third-order valence-electron chi connectivity index (χ3n) is 2.78. The molecular weight excluding hydrogens is 272 g/mol. The Morgan fingerprint density at radius 3 is 2.53 bits per heavy atom. The molecular formula is C15H12N2S2. The van der Waals surface area contributed by atoms with Crippen molar-refractivity contribution in [2.75, 3.05) is 6.26 Å². The van der Waals surface area contributed by atoms with Gasteiger partial charge in [-0.1, -0.05) is 6.07 Å². The van der Waals surface area contributed by atoms with Crippen molar-refractivity contribution >= 4 is 23.1 Å². The number of pyridine rings is 2. The average molecular weight is 284 g/mol. The summed E-state index contributed by atoms with van der Waals surface area (Å²) in [5.74, 6) is 0. The van der Waals surface area contributed by atoms with E-state index in [1.54, 1.807) is 35.5 Å². The lowest BCUT2D eigenvalue weighted by molar-refractivity contribution is 1.26. The molecule has 0 aliphatic rings. The van der Waals surface area contributed by atoms with E-state index in [1.165, 1.54) is 9.77 Å². The Morgan fingerprint density at radius 2 is 1.84 bits per heavy atom. The van der Waals surface area contributed by atoms with E-state index in [1.807, 2.05) is 12.1 Å². The SMILES string of the molecule is CSc1cc(-c2ccncc2)nc(-c2cccs2)c1. The molecule has 3 aromatic rings. The highest BCUT2D eigenvalue weighted by Gasteiger charge is 2.07. The zero-order chi connectivity index (χ0) is 13.1. The highest BCUT2D eigenvalue weighted by molar-refractivity contribution is 7.98. The van der Waals surface area contributed by atoms with Crippen LogP contribution in [0.15, 0.2) is 59.1 Å². The van der Waals surface area contributed by atoms with Gasteiger partial charge in [0.15, 0.2) is 0 Å². The van der Waals surface area contributed by atoms with Gasteiger partial charge < -0.3 is 0 Å². The van der Waals surface area contributed by atoms with E-state index >= 15 is 0 Å². The Kier molecular flexibility index (Phi) is 3.62. The van der Waals surface area contributed by atoms with Gasteiger partial charge in [0.1, 0.15) is 0 Å². The summed E-state index contributed by atoms with van der Waals surface area (Å²) >= 11 is 3.45. The van der Waals surface area contributed by atoms with Crippen LogP contribution < -0.4 is 0 Å². The summed E-state index contributed by atoms with van der Waals surface area (Å²) in [6.45, 7) is 0. The highest BCUT2D eigenvalue weighted by Crippen LogP contribution is 2.30. The van der Waals surface area contributed by atoms with Crippen molar-refractivity contribution in [3.8, 4) is 21.8 Å². The van der Waals surface area contributed by atoms with Crippen LogP contribution in [-0.4, -0.2) is 16.2 Å². The number of thiophene rings is 1. The lowest BCUT2D eigenvalue weighted by Crippen LogP contribution is -1.88. The van der Waals surface area contributed by atoms with Crippen LogP contribution in [0.1, 0.15) is 0 Å². The summed E-state index contributed by atoms with van der Waals surface area (Å²) in [5, 5.41) is 2.08. The second kappa shape index (κ2) is 5.55. The fourth-order valence-corrected chi connectivity index (χ4v) is 2.99. The maximum Gasteiger partial charge on any atom is 0.0820 e. The van der Waals surface area contributed by atoms with Crippen molar-refractivity contribution in [1.82, 2.24) is 9.97 Å². The number of hydrogen-bond donors (Lipinski definition) is 0. The lowest BCUT2D eigenvalue weighted by Gasteiger charge is -2.06. The van der Waals surface area contributed by atoms with Crippen molar-refractivity contribution in [3.05, 3.63) is 54.2 Å². The quantitative estimate of drug-likeness (QED) is 0.658. The van der Waals surface area contributed by atoms with Crippen molar-refractivity contribution in [1.29, 1.82) is 0 Å². The second-order valence-electron chi connectivity index (χ2n) is 3.99. The molecule has 0 aromatic carbocycles. The molecule has 3 heterocycles. The zero-order valence-electron chi connectivity index (χ0n) is 10.4. The molecule has 2 nitrogen and oxygen atoms in total. The zero-order valence-corrected chi connectivity index (χ0v) is 12.0. The van der Waals surface area contributed by atoms with Crippen LogP contribution >= 0.6 is 23.1 Å². The second-order valence-corrected chi connectivity index (χ2v) is 5.82. The molecule has 3 aromatic heterocycles. The van der Waals surface area contributed by atoms with Crippen LogP contribution in [0.4, 0.5) is 0 Å². The van der Waals surface area contributed by atoms with Gasteiger partial charge in [0.2, 0.25) is 0 Å². The van der Waals surface area contributed by atoms with Crippen molar-refractivity contribution in [3.63, 3.8) is 0 Å². The Morgan fingerprint density at radius 1 is 1.05 bits per heavy atom. The van der Waals surface area contributed by atoms with Gasteiger partial charge in [-0.2, -0.15) is 0 Å². The van der Waals surface area contributed by atoms with Crippen molar-refractivity contribution in [2.24, 2.45) is 0 Å². The fourth-order valence-electron chi connectivity index (χ4n) is 1.84. The third kappa shape index (κ3) is 2.69. The standard InChI is InChI=1S/C15H12N2S2/c1-18-12-9-13(11-4-6-16-7-5-11)17-14(10-12)15-3-2-8-19-15/h2-10H,1H3. The van der Waals surface area contributed by atoms with Crippen LogP contribution in [0.2, 0.25) is 0 Å². The molecule has 0 N–H and O–H groups in total. The average Bonchev–Trinajstić information content (AvgIpc) is 3.02. The van der Waals surface area contributed by atoms with Crippen molar-refractivity contribution < 1.29 is 0 Å². The van der Waals surface area contributed by atoms with E-state index in [2.05, 4.69) is 40.9 Å². The van der Waals surface area contributed by atoms with Gasteiger partial charge in [0, 0.05) is 22.9 Å². The van der Waals surface area contributed by atoms with Gasteiger partial charge in [0.25, 0.3) is 0 Å². The summed E-state index contributed by atoms with van der Waals surface area (Å²) in [5.41, 5.74) is 3.13. The number of thioether (sulfide) groups is 1. The summed E-state index contributed by atoms with van der Waals surface area (Å²) < 4.78 is 0. The van der Waals surface area contributed by atoms with Crippen LogP contribution in [0.25, 0.3) is 21.8 Å². The minimum atomic E-state index is 0.998. The Labute approximate surface area is 120 Å². The first kappa shape index (κ1) is 12.4. The summed E-state index contributed by atoms with van der Waals surface area (Å²) in [7, 11) is 0.